The molecule has 0 rings (SSSR count). The molecule has 0 fully saturated rings. The summed E-state index contributed by atoms with van der Waals surface area (Å²) < 4.78 is 0.316. The lowest BCUT2D eigenvalue weighted by Gasteiger charge is -2.18. The van der Waals surface area contributed by atoms with Gasteiger partial charge in [-0.1, -0.05) is 0 Å². The number of amides is 1. The van der Waals surface area contributed by atoms with Crippen LogP contribution in [0.25, 0.3) is 0 Å². The van der Waals surface area contributed by atoms with E-state index in [9.17, 15) is 4.79 Å². The molecule has 0 radical (unpaired) electrons. The van der Waals surface area contributed by atoms with E-state index in [4.69, 9.17) is 5.73 Å². The van der Waals surface area contributed by atoms with Crippen molar-refractivity contribution in [3.63, 3.8) is 0 Å². The van der Waals surface area contributed by atoms with Gasteiger partial charge in [0.05, 0.1) is 21.1 Å². The summed E-state index contributed by atoms with van der Waals surface area (Å²) in [5, 5.41) is 0. The number of hydrogen-bond donors (Lipinski definition) is 1. The Hall–Kier alpha value is -0.410. The fraction of sp³-hybridized carbons (Fsp3) is 0.800. The third kappa shape index (κ3) is 2.04. The summed E-state index contributed by atoms with van der Waals surface area (Å²) in [4.78, 5) is 10.7. The fourth-order valence-corrected chi connectivity index (χ4v) is 0.274. The summed E-state index contributed by atoms with van der Waals surface area (Å²) >= 11 is 0. The number of quaternary nitrogens is 1. The minimum atomic E-state index is 0.0463. The topological polar surface area (TPSA) is 43.1 Å². The second-order valence-corrected chi connectivity index (χ2v) is 2.61. The maximum absolute atomic E-state index is 10.7. The quantitative estimate of drug-likeness (QED) is 0.456. The van der Waals surface area contributed by atoms with Gasteiger partial charge in [-0.3, -0.25) is 4.48 Å². The smallest absolute Gasteiger partial charge is 0.319 e. The molecule has 3 nitrogen and oxygen atoms in total. The Morgan fingerprint density at radius 3 is 1.88 bits per heavy atom. The second kappa shape index (κ2) is 2.24. The zero-order valence-electron chi connectivity index (χ0n) is 5.64. The van der Waals surface area contributed by atoms with Crippen LogP contribution in [0, 0.1) is 0 Å². The predicted molar refractivity (Wildman–Crippen MR) is 32.1 cm³/mol. The third-order valence-corrected chi connectivity index (χ3v) is 0.923. The Labute approximate surface area is 49.7 Å². The van der Waals surface area contributed by atoms with Crippen LogP contribution in [0.5, 0.6) is 0 Å². The van der Waals surface area contributed by atoms with E-state index in [1.54, 1.807) is 21.1 Å². The Kier molecular flexibility index (Phi) is 2.12. The lowest BCUT2D eigenvalue weighted by Crippen LogP contribution is -2.44. The highest BCUT2D eigenvalue weighted by Crippen LogP contribution is 1.87. The minimum Gasteiger partial charge on any atom is -0.319 e. The first-order valence-corrected chi connectivity index (χ1v) is 2.53. The third-order valence-electron chi connectivity index (χ3n) is 0.923. The molecule has 0 aromatic carbocycles. The molecular weight excluding hydrogens is 104 g/mol. The molecule has 0 saturated carbocycles. The normalized spacial score (nSPS) is 11.5. The SMILES string of the molecule is C[N+](C)(C)C(=O)CN. The number of hydrogen-bond acceptors (Lipinski definition) is 2. The van der Waals surface area contributed by atoms with Crippen LogP contribution in [-0.2, 0) is 4.79 Å². The van der Waals surface area contributed by atoms with E-state index in [1.165, 1.54) is 0 Å². The Morgan fingerprint density at radius 2 is 1.88 bits per heavy atom. The molecule has 48 valence electrons. The summed E-state index contributed by atoms with van der Waals surface area (Å²) in [5.41, 5.74) is 5.09. The van der Waals surface area contributed by atoms with Gasteiger partial charge in [0, 0.05) is 0 Å². The van der Waals surface area contributed by atoms with Crippen molar-refractivity contribution in [1.82, 2.24) is 0 Å². The van der Waals surface area contributed by atoms with E-state index in [2.05, 4.69) is 0 Å². The van der Waals surface area contributed by atoms with Gasteiger partial charge in [-0.25, -0.2) is 4.79 Å². The van der Waals surface area contributed by atoms with Gasteiger partial charge in [0.15, 0.2) is 0 Å². The maximum atomic E-state index is 10.7. The Morgan fingerprint density at radius 1 is 1.50 bits per heavy atom. The number of carbonyl (C=O) groups excluding carboxylic acids is 1. The number of likely N-dealkylation sites (N-methyl/N-ethyl adjacent to an activating group) is 1. The van der Waals surface area contributed by atoms with Gasteiger partial charge in [-0.2, -0.15) is 0 Å². The van der Waals surface area contributed by atoms with Crippen molar-refractivity contribution in [1.29, 1.82) is 0 Å². The molecule has 0 unspecified atom stereocenters. The molecule has 0 aromatic heterocycles. The number of carbonyl (C=O) groups is 1. The molecule has 0 spiro atoms. The van der Waals surface area contributed by atoms with Gasteiger partial charge in [-0.15, -0.1) is 0 Å². The van der Waals surface area contributed by atoms with Gasteiger partial charge >= 0.3 is 5.91 Å². The van der Waals surface area contributed by atoms with Crippen LogP contribution in [0.2, 0.25) is 0 Å². The molecule has 0 aliphatic heterocycles. The van der Waals surface area contributed by atoms with E-state index < -0.39 is 0 Å². The highest BCUT2D eigenvalue weighted by atomic mass is 16.2. The second-order valence-electron chi connectivity index (χ2n) is 2.61. The molecule has 0 bridgehead atoms. The first-order valence-electron chi connectivity index (χ1n) is 2.53. The van der Waals surface area contributed by atoms with Crippen LogP contribution in [0.3, 0.4) is 0 Å². The van der Waals surface area contributed by atoms with E-state index in [0.717, 1.165) is 0 Å². The molecule has 0 aliphatic rings. The lowest BCUT2D eigenvalue weighted by atomic mass is 10.5. The molecule has 0 aromatic rings. The molecule has 0 atom stereocenters. The summed E-state index contributed by atoms with van der Waals surface area (Å²) in [7, 11) is 5.40. The van der Waals surface area contributed by atoms with Gasteiger partial charge in [0.1, 0.15) is 6.54 Å². The minimum absolute atomic E-state index is 0.0463. The van der Waals surface area contributed by atoms with Gasteiger partial charge < -0.3 is 5.73 Å². The van der Waals surface area contributed by atoms with E-state index in [-0.39, 0.29) is 12.5 Å². The van der Waals surface area contributed by atoms with Crippen molar-refractivity contribution in [3.8, 4) is 0 Å². The fourth-order valence-electron chi connectivity index (χ4n) is 0.274. The van der Waals surface area contributed by atoms with Crippen molar-refractivity contribution >= 4 is 5.91 Å². The van der Waals surface area contributed by atoms with Crippen molar-refractivity contribution in [2.75, 3.05) is 27.7 Å². The number of nitrogens with zero attached hydrogens (tertiary/aromatic N) is 1. The van der Waals surface area contributed by atoms with Crippen molar-refractivity contribution in [3.05, 3.63) is 0 Å². The van der Waals surface area contributed by atoms with Crippen LogP contribution in [0.1, 0.15) is 0 Å². The van der Waals surface area contributed by atoms with Crippen LogP contribution in [0.15, 0.2) is 0 Å². The first kappa shape index (κ1) is 7.59. The highest BCUT2D eigenvalue weighted by Gasteiger charge is 2.16. The maximum Gasteiger partial charge on any atom is 0.326 e. The van der Waals surface area contributed by atoms with Gasteiger partial charge in [0.25, 0.3) is 0 Å². The monoisotopic (exact) mass is 117 g/mol. The largest absolute Gasteiger partial charge is 0.326 e. The van der Waals surface area contributed by atoms with Crippen LogP contribution in [0.4, 0.5) is 0 Å². The zero-order chi connectivity index (χ0) is 6.78. The molecule has 1 amide bonds. The van der Waals surface area contributed by atoms with Gasteiger partial charge in [-0.05, 0) is 0 Å². The summed E-state index contributed by atoms with van der Waals surface area (Å²) in [6, 6.07) is 0. The molecular formula is C5H13N2O+. The number of rotatable bonds is 1. The highest BCUT2D eigenvalue weighted by molar-refractivity contribution is 5.70. The van der Waals surface area contributed by atoms with Gasteiger partial charge in [0.2, 0.25) is 0 Å². The predicted octanol–water partition coefficient (Wildman–Crippen LogP) is -0.822. The standard InChI is InChI=1S/C5H13N2O/c1-7(2,3)5(8)4-6/h4,6H2,1-3H3/q+1. The van der Waals surface area contributed by atoms with E-state index in [1.807, 2.05) is 0 Å². The van der Waals surface area contributed by atoms with Crippen LogP contribution in [-0.4, -0.2) is 38.1 Å². The van der Waals surface area contributed by atoms with E-state index in [0.29, 0.717) is 4.48 Å². The Balaban J connectivity index is 3.82. The van der Waals surface area contributed by atoms with E-state index >= 15 is 0 Å². The average molecular weight is 117 g/mol. The molecule has 0 heterocycles. The van der Waals surface area contributed by atoms with Crippen molar-refractivity contribution in [2.24, 2.45) is 5.73 Å². The summed E-state index contributed by atoms with van der Waals surface area (Å²) in [6.45, 7) is 0.128. The Bertz CT molecular complexity index is 93.1. The molecule has 8 heavy (non-hydrogen) atoms. The zero-order valence-corrected chi connectivity index (χ0v) is 5.64. The average Bonchev–Trinajstić information content (AvgIpc) is 1.62. The number of nitrogens with two attached hydrogens (primary N) is 1. The molecule has 2 N–H and O–H groups in total. The lowest BCUT2D eigenvalue weighted by molar-refractivity contribution is -0.791. The summed E-state index contributed by atoms with van der Waals surface area (Å²) in [6.07, 6.45) is 0. The van der Waals surface area contributed by atoms with Crippen LogP contribution >= 0.6 is 0 Å². The molecule has 0 saturated heterocycles. The van der Waals surface area contributed by atoms with Crippen molar-refractivity contribution < 1.29 is 9.28 Å². The summed E-state index contributed by atoms with van der Waals surface area (Å²) in [5.74, 6) is 0.0463. The first-order chi connectivity index (χ1) is 3.48. The van der Waals surface area contributed by atoms with Crippen LogP contribution < -0.4 is 5.73 Å². The molecule has 3 heteroatoms. The molecule has 0 aliphatic carbocycles. The van der Waals surface area contributed by atoms with Crippen molar-refractivity contribution in [2.45, 2.75) is 0 Å².